The van der Waals surface area contributed by atoms with E-state index in [9.17, 15) is 19.2 Å². The smallest absolute Gasteiger partial charge is 0.340 e. The second-order valence-corrected chi connectivity index (χ2v) is 6.45. The minimum Gasteiger partial charge on any atom is -0.464 e. The fourth-order valence-electron chi connectivity index (χ4n) is 3.26. The van der Waals surface area contributed by atoms with Crippen LogP contribution < -0.4 is 10.7 Å². The van der Waals surface area contributed by atoms with Gasteiger partial charge in [0.2, 0.25) is 11.9 Å². The van der Waals surface area contributed by atoms with Crippen molar-refractivity contribution in [2.45, 2.75) is 26.4 Å². The minimum absolute atomic E-state index is 0.0552. The number of nitrogens with one attached hydrogen (secondary N) is 1. The summed E-state index contributed by atoms with van der Waals surface area (Å²) in [6, 6.07) is 12.3. The van der Waals surface area contributed by atoms with Crippen molar-refractivity contribution >= 4 is 39.7 Å². The zero-order valence-electron chi connectivity index (χ0n) is 16.7. The van der Waals surface area contributed by atoms with Gasteiger partial charge in [0, 0.05) is 10.8 Å². The van der Waals surface area contributed by atoms with E-state index in [2.05, 4.69) is 5.32 Å². The summed E-state index contributed by atoms with van der Waals surface area (Å²) in [7, 11) is 0. The number of esters is 2. The van der Waals surface area contributed by atoms with Crippen LogP contribution in [0.25, 0.3) is 21.8 Å². The van der Waals surface area contributed by atoms with Crippen LogP contribution in [-0.2, 0) is 30.4 Å². The van der Waals surface area contributed by atoms with Crippen LogP contribution in [0, 0.1) is 0 Å². The second kappa shape index (κ2) is 9.21. The Hall–Kier alpha value is -3.68. The molecule has 3 aromatic rings. The lowest BCUT2D eigenvalue weighted by atomic mass is 10.1. The molecule has 0 aliphatic carbocycles. The molecular formula is C22H22N2O6. The number of carbonyl (C=O) groups excluding carboxylic acids is 3. The Morgan fingerprint density at radius 1 is 0.867 bits per heavy atom. The van der Waals surface area contributed by atoms with Crippen LogP contribution >= 0.6 is 0 Å². The third-order valence-electron chi connectivity index (χ3n) is 4.53. The highest BCUT2D eigenvalue weighted by molar-refractivity contribution is 6.03. The Morgan fingerprint density at radius 3 is 1.80 bits per heavy atom. The molecule has 1 N–H and O–H groups in total. The Labute approximate surface area is 172 Å². The van der Waals surface area contributed by atoms with E-state index in [4.69, 9.17) is 9.47 Å². The predicted molar refractivity (Wildman–Crippen MR) is 111 cm³/mol. The number of hydrogen-bond acceptors (Lipinski definition) is 6. The summed E-state index contributed by atoms with van der Waals surface area (Å²) in [4.78, 5) is 49.8. The number of amides is 1. The maximum absolute atomic E-state index is 12.8. The molecule has 8 nitrogen and oxygen atoms in total. The number of fused-ring (bicyclic) bond motifs is 2. The van der Waals surface area contributed by atoms with Gasteiger partial charge in [-0.05, 0) is 38.1 Å². The lowest BCUT2D eigenvalue weighted by Gasteiger charge is -2.18. The lowest BCUT2D eigenvalue weighted by molar-refractivity contribution is -0.159. The van der Waals surface area contributed by atoms with Crippen molar-refractivity contribution in [1.82, 2.24) is 9.88 Å². The predicted octanol–water partition coefficient (Wildman–Crippen LogP) is 1.77. The van der Waals surface area contributed by atoms with Crippen molar-refractivity contribution in [3.05, 3.63) is 58.8 Å². The standard InChI is InChI=1S/C22H22N2O6/c1-3-29-21(27)19(22(28)30-4-2)23-18(25)13-24-16-11-7-5-9-14(16)20(26)15-10-6-8-12-17(15)24/h5-12,19H,3-4,13H2,1-2H3,(H,23,25). The quantitative estimate of drug-likeness (QED) is 0.362. The van der Waals surface area contributed by atoms with Gasteiger partial charge in [-0.2, -0.15) is 0 Å². The number of hydrogen-bond donors (Lipinski definition) is 1. The first-order valence-electron chi connectivity index (χ1n) is 9.60. The first-order chi connectivity index (χ1) is 14.5. The average Bonchev–Trinajstić information content (AvgIpc) is 2.75. The van der Waals surface area contributed by atoms with Gasteiger partial charge < -0.3 is 19.4 Å². The Bertz CT molecular complexity index is 1090. The topological polar surface area (TPSA) is 104 Å². The molecule has 30 heavy (non-hydrogen) atoms. The maximum atomic E-state index is 12.8. The molecular weight excluding hydrogens is 388 g/mol. The van der Waals surface area contributed by atoms with Crippen LogP contribution in [0.2, 0.25) is 0 Å². The molecule has 0 saturated carbocycles. The van der Waals surface area contributed by atoms with Crippen molar-refractivity contribution in [3.8, 4) is 0 Å². The van der Waals surface area contributed by atoms with Crippen molar-refractivity contribution in [2.75, 3.05) is 13.2 Å². The summed E-state index contributed by atoms with van der Waals surface area (Å²) >= 11 is 0. The molecule has 0 aliphatic rings. The lowest BCUT2D eigenvalue weighted by Crippen LogP contribution is -2.49. The highest BCUT2D eigenvalue weighted by Crippen LogP contribution is 2.19. The molecule has 0 spiro atoms. The number of benzene rings is 2. The summed E-state index contributed by atoms with van der Waals surface area (Å²) in [5, 5.41) is 3.33. The molecule has 0 bridgehead atoms. The normalized spacial score (nSPS) is 10.9. The number of nitrogens with zero attached hydrogens (tertiary/aromatic N) is 1. The highest BCUT2D eigenvalue weighted by Gasteiger charge is 2.31. The van der Waals surface area contributed by atoms with Crippen LogP contribution in [0.5, 0.6) is 0 Å². The fourth-order valence-corrected chi connectivity index (χ4v) is 3.26. The Kier molecular flexibility index (Phi) is 6.46. The van der Waals surface area contributed by atoms with Crippen molar-refractivity contribution in [3.63, 3.8) is 0 Å². The molecule has 1 amide bonds. The number of carbonyl (C=O) groups is 3. The van der Waals surface area contributed by atoms with E-state index in [-0.39, 0.29) is 25.2 Å². The first-order valence-corrected chi connectivity index (χ1v) is 9.60. The van der Waals surface area contributed by atoms with Crippen molar-refractivity contribution in [1.29, 1.82) is 0 Å². The van der Waals surface area contributed by atoms with Crippen molar-refractivity contribution in [2.24, 2.45) is 0 Å². The van der Waals surface area contributed by atoms with E-state index in [1.165, 1.54) is 0 Å². The molecule has 1 heterocycles. The highest BCUT2D eigenvalue weighted by atomic mass is 16.6. The molecule has 0 saturated heterocycles. The van der Waals surface area contributed by atoms with Crippen LogP contribution in [0.1, 0.15) is 13.8 Å². The number of aromatic nitrogens is 1. The van der Waals surface area contributed by atoms with E-state index in [1.807, 2.05) is 0 Å². The number of rotatable bonds is 7. The summed E-state index contributed by atoms with van der Waals surface area (Å²) in [5.74, 6) is -2.38. The van der Waals surface area contributed by atoms with E-state index in [0.29, 0.717) is 21.8 Å². The summed E-state index contributed by atoms with van der Waals surface area (Å²) in [6.07, 6.45) is 0. The number of para-hydroxylation sites is 2. The molecule has 1 aromatic heterocycles. The Morgan fingerprint density at radius 2 is 1.33 bits per heavy atom. The van der Waals surface area contributed by atoms with Gasteiger partial charge in [-0.25, -0.2) is 9.59 Å². The van der Waals surface area contributed by atoms with Crippen LogP contribution in [0.15, 0.2) is 53.3 Å². The van der Waals surface area contributed by atoms with Gasteiger partial charge in [0.05, 0.1) is 24.2 Å². The molecule has 0 unspecified atom stereocenters. The van der Waals surface area contributed by atoms with Gasteiger partial charge in [0.15, 0.2) is 5.43 Å². The SMILES string of the molecule is CCOC(=O)C(NC(=O)Cn1c2ccccc2c(=O)c2ccccc21)C(=O)OCC. The van der Waals surface area contributed by atoms with E-state index >= 15 is 0 Å². The zero-order valence-corrected chi connectivity index (χ0v) is 16.7. The summed E-state index contributed by atoms with van der Waals surface area (Å²) in [6.45, 7) is 3.09. The summed E-state index contributed by atoms with van der Waals surface area (Å²) in [5.41, 5.74) is 1.01. The molecule has 8 heteroatoms. The zero-order chi connectivity index (χ0) is 21.7. The fraction of sp³-hybridized carbons (Fsp3) is 0.273. The third-order valence-corrected chi connectivity index (χ3v) is 4.53. The van der Waals surface area contributed by atoms with Crippen LogP contribution in [0.4, 0.5) is 0 Å². The van der Waals surface area contributed by atoms with Crippen molar-refractivity contribution < 1.29 is 23.9 Å². The van der Waals surface area contributed by atoms with E-state index in [0.717, 1.165) is 0 Å². The van der Waals surface area contributed by atoms with E-state index in [1.54, 1.807) is 66.9 Å². The van der Waals surface area contributed by atoms with Crippen LogP contribution in [0.3, 0.4) is 0 Å². The average molecular weight is 410 g/mol. The van der Waals surface area contributed by atoms with Gasteiger partial charge >= 0.3 is 11.9 Å². The monoisotopic (exact) mass is 410 g/mol. The first kappa shape index (κ1) is 21.0. The molecule has 0 aliphatic heterocycles. The molecule has 156 valence electrons. The maximum Gasteiger partial charge on any atom is 0.340 e. The number of pyridine rings is 1. The van der Waals surface area contributed by atoms with Gasteiger partial charge in [-0.3, -0.25) is 9.59 Å². The van der Waals surface area contributed by atoms with Gasteiger partial charge in [0.1, 0.15) is 6.54 Å². The molecule has 0 radical (unpaired) electrons. The largest absolute Gasteiger partial charge is 0.464 e. The van der Waals surface area contributed by atoms with E-state index < -0.39 is 23.9 Å². The minimum atomic E-state index is -1.56. The molecule has 0 fully saturated rings. The molecule has 3 rings (SSSR count). The number of ether oxygens (including phenoxy) is 2. The van der Waals surface area contributed by atoms with Gasteiger partial charge in [-0.15, -0.1) is 0 Å². The van der Waals surface area contributed by atoms with Gasteiger partial charge in [0.25, 0.3) is 0 Å². The van der Waals surface area contributed by atoms with Gasteiger partial charge in [-0.1, -0.05) is 24.3 Å². The Balaban J connectivity index is 1.99. The molecule has 0 atom stereocenters. The third kappa shape index (κ3) is 4.17. The molecule has 2 aromatic carbocycles. The van der Waals surface area contributed by atoms with Crippen LogP contribution in [-0.4, -0.2) is 41.7 Å². The summed E-state index contributed by atoms with van der Waals surface area (Å²) < 4.78 is 11.4. The second-order valence-electron chi connectivity index (χ2n) is 6.45.